The zero-order valence-electron chi connectivity index (χ0n) is 8.59. The summed E-state index contributed by atoms with van der Waals surface area (Å²) in [5.74, 6) is 0. The van der Waals surface area contributed by atoms with Crippen LogP contribution in [0, 0.1) is 0 Å². The van der Waals surface area contributed by atoms with E-state index in [0.29, 0.717) is 5.46 Å². The van der Waals surface area contributed by atoms with Crippen molar-refractivity contribution in [3.63, 3.8) is 0 Å². The average molecular weight is 204 g/mol. The first kappa shape index (κ1) is 10.2. The molecule has 0 aliphatic heterocycles. The molecule has 1 aromatic heterocycles. The van der Waals surface area contributed by atoms with Crippen LogP contribution in [0.4, 0.5) is 0 Å². The van der Waals surface area contributed by atoms with Gasteiger partial charge in [0.15, 0.2) is 0 Å². The number of aryl methyl sites for hydroxylation is 1. The van der Waals surface area contributed by atoms with Crippen LogP contribution in [-0.2, 0) is 6.54 Å². The lowest BCUT2D eigenvalue weighted by Gasteiger charge is -1.96. The van der Waals surface area contributed by atoms with E-state index in [1.165, 1.54) is 0 Å². The van der Waals surface area contributed by atoms with E-state index in [1.807, 2.05) is 10.9 Å². The van der Waals surface area contributed by atoms with Crippen LogP contribution in [0.1, 0.15) is 13.3 Å². The van der Waals surface area contributed by atoms with Gasteiger partial charge in [0.05, 0.1) is 5.52 Å². The molecule has 0 atom stereocenters. The molecule has 0 amide bonds. The standard InChI is InChI=1S/C10H13BN2O2/c1-2-5-13-7-8-6-9(11(14)15)3-4-10(8)12-13/h3-4,6-7,14-15H,2,5H2,1H3. The van der Waals surface area contributed by atoms with E-state index in [1.54, 1.807) is 18.2 Å². The van der Waals surface area contributed by atoms with Crippen molar-refractivity contribution in [2.45, 2.75) is 19.9 Å². The van der Waals surface area contributed by atoms with Crippen LogP contribution in [0.3, 0.4) is 0 Å². The van der Waals surface area contributed by atoms with E-state index in [9.17, 15) is 0 Å². The van der Waals surface area contributed by atoms with Gasteiger partial charge in [-0.1, -0.05) is 19.1 Å². The van der Waals surface area contributed by atoms with Crippen LogP contribution in [0.2, 0.25) is 0 Å². The first-order valence-corrected chi connectivity index (χ1v) is 5.04. The molecule has 0 aliphatic rings. The highest BCUT2D eigenvalue weighted by Crippen LogP contribution is 2.10. The summed E-state index contributed by atoms with van der Waals surface area (Å²) in [4.78, 5) is 0. The molecule has 0 spiro atoms. The molecule has 2 N–H and O–H groups in total. The fraction of sp³-hybridized carbons (Fsp3) is 0.300. The van der Waals surface area contributed by atoms with Crippen molar-refractivity contribution in [2.24, 2.45) is 0 Å². The largest absolute Gasteiger partial charge is 0.488 e. The van der Waals surface area contributed by atoms with Crippen molar-refractivity contribution in [3.8, 4) is 0 Å². The van der Waals surface area contributed by atoms with E-state index in [4.69, 9.17) is 10.0 Å². The second kappa shape index (κ2) is 4.04. The first-order chi connectivity index (χ1) is 7.20. The predicted molar refractivity (Wildman–Crippen MR) is 59.8 cm³/mol. The molecule has 1 heterocycles. The Kier molecular flexibility index (Phi) is 2.75. The third-order valence-corrected chi connectivity index (χ3v) is 2.33. The topological polar surface area (TPSA) is 58.3 Å². The van der Waals surface area contributed by atoms with Gasteiger partial charge in [-0.3, -0.25) is 4.68 Å². The molecule has 0 aliphatic carbocycles. The maximum Gasteiger partial charge on any atom is 0.488 e. The van der Waals surface area contributed by atoms with Gasteiger partial charge in [-0.25, -0.2) is 0 Å². The molecule has 78 valence electrons. The van der Waals surface area contributed by atoms with Crippen molar-refractivity contribution >= 4 is 23.5 Å². The van der Waals surface area contributed by atoms with E-state index in [2.05, 4.69) is 12.0 Å². The fourth-order valence-corrected chi connectivity index (χ4v) is 1.60. The molecular weight excluding hydrogens is 191 g/mol. The van der Waals surface area contributed by atoms with Crippen LogP contribution in [0.25, 0.3) is 10.9 Å². The molecule has 2 aromatic rings. The summed E-state index contributed by atoms with van der Waals surface area (Å²) in [5.41, 5.74) is 1.38. The molecule has 0 radical (unpaired) electrons. The van der Waals surface area contributed by atoms with Gasteiger partial charge in [0.25, 0.3) is 0 Å². The molecule has 5 heteroatoms. The monoisotopic (exact) mass is 204 g/mol. The van der Waals surface area contributed by atoms with Gasteiger partial charge in [0.2, 0.25) is 0 Å². The lowest BCUT2D eigenvalue weighted by Crippen LogP contribution is -2.29. The van der Waals surface area contributed by atoms with E-state index in [0.717, 1.165) is 23.9 Å². The normalized spacial score (nSPS) is 10.9. The van der Waals surface area contributed by atoms with Crippen LogP contribution in [-0.4, -0.2) is 26.9 Å². The Balaban J connectivity index is 2.43. The minimum absolute atomic E-state index is 0.499. The Morgan fingerprint density at radius 3 is 2.87 bits per heavy atom. The van der Waals surface area contributed by atoms with Gasteiger partial charge in [-0.15, -0.1) is 0 Å². The number of aromatic nitrogens is 2. The summed E-state index contributed by atoms with van der Waals surface area (Å²) in [7, 11) is -1.41. The quantitative estimate of drug-likeness (QED) is 0.698. The predicted octanol–water partition coefficient (Wildman–Crippen LogP) is 0.126. The fourth-order valence-electron chi connectivity index (χ4n) is 1.60. The van der Waals surface area contributed by atoms with Gasteiger partial charge in [-0.2, -0.15) is 5.10 Å². The molecule has 0 saturated heterocycles. The van der Waals surface area contributed by atoms with Gasteiger partial charge < -0.3 is 10.0 Å². The SMILES string of the molecule is CCCn1cc2cc(B(O)O)ccc2n1. The highest BCUT2D eigenvalue weighted by atomic mass is 16.4. The van der Waals surface area contributed by atoms with E-state index in [-0.39, 0.29) is 0 Å². The molecule has 0 bridgehead atoms. The Labute approximate surface area is 88.3 Å². The van der Waals surface area contributed by atoms with E-state index < -0.39 is 7.12 Å². The second-order valence-electron chi connectivity index (χ2n) is 3.58. The highest BCUT2D eigenvalue weighted by Gasteiger charge is 2.11. The maximum absolute atomic E-state index is 9.02. The summed E-state index contributed by atoms with van der Waals surface area (Å²) in [5, 5.41) is 23.3. The smallest absolute Gasteiger partial charge is 0.423 e. The van der Waals surface area contributed by atoms with Gasteiger partial charge in [-0.05, 0) is 17.9 Å². The Bertz CT molecular complexity index is 467. The zero-order chi connectivity index (χ0) is 10.8. The number of hydrogen-bond donors (Lipinski definition) is 2. The summed E-state index contributed by atoms with van der Waals surface area (Å²) in [6, 6.07) is 5.23. The summed E-state index contributed by atoms with van der Waals surface area (Å²) in [6.07, 6.45) is 2.95. The minimum atomic E-state index is -1.41. The minimum Gasteiger partial charge on any atom is -0.423 e. The van der Waals surface area contributed by atoms with Gasteiger partial charge in [0.1, 0.15) is 0 Å². The average Bonchev–Trinajstić information content (AvgIpc) is 2.59. The molecule has 0 unspecified atom stereocenters. The Morgan fingerprint density at radius 1 is 1.40 bits per heavy atom. The molecule has 0 fully saturated rings. The Morgan fingerprint density at radius 2 is 2.20 bits per heavy atom. The summed E-state index contributed by atoms with van der Waals surface area (Å²) >= 11 is 0. The highest BCUT2D eigenvalue weighted by molar-refractivity contribution is 6.58. The van der Waals surface area contributed by atoms with Crippen LogP contribution in [0.15, 0.2) is 24.4 Å². The number of nitrogens with zero attached hydrogens (tertiary/aromatic N) is 2. The number of fused-ring (bicyclic) bond motifs is 1. The zero-order valence-corrected chi connectivity index (χ0v) is 8.59. The summed E-state index contributed by atoms with van der Waals surface area (Å²) in [6.45, 7) is 2.97. The molecule has 2 rings (SSSR count). The molecule has 4 nitrogen and oxygen atoms in total. The van der Waals surface area contributed by atoms with Crippen molar-refractivity contribution in [3.05, 3.63) is 24.4 Å². The van der Waals surface area contributed by atoms with Gasteiger partial charge >= 0.3 is 7.12 Å². The third kappa shape index (κ3) is 2.03. The molecular formula is C10H13BN2O2. The molecule has 15 heavy (non-hydrogen) atoms. The summed E-state index contributed by atoms with van der Waals surface area (Å²) < 4.78 is 1.87. The van der Waals surface area contributed by atoms with Crippen LogP contribution in [0.5, 0.6) is 0 Å². The third-order valence-electron chi connectivity index (χ3n) is 2.33. The molecule has 0 saturated carbocycles. The molecule has 1 aromatic carbocycles. The van der Waals surface area contributed by atoms with Gasteiger partial charge in [0, 0.05) is 18.1 Å². The Hall–Kier alpha value is -1.33. The number of rotatable bonds is 3. The van der Waals surface area contributed by atoms with Crippen LogP contribution >= 0.6 is 0 Å². The van der Waals surface area contributed by atoms with Crippen molar-refractivity contribution < 1.29 is 10.0 Å². The number of hydrogen-bond acceptors (Lipinski definition) is 3. The van der Waals surface area contributed by atoms with Crippen LogP contribution < -0.4 is 5.46 Å². The van der Waals surface area contributed by atoms with Crippen molar-refractivity contribution in [2.75, 3.05) is 0 Å². The first-order valence-electron chi connectivity index (χ1n) is 5.04. The van der Waals surface area contributed by atoms with Crippen molar-refractivity contribution in [1.29, 1.82) is 0 Å². The maximum atomic E-state index is 9.02. The van der Waals surface area contributed by atoms with Crippen molar-refractivity contribution in [1.82, 2.24) is 9.78 Å². The number of benzene rings is 1. The van der Waals surface area contributed by atoms with E-state index >= 15 is 0 Å². The second-order valence-corrected chi connectivity index (χ2v) is 3.58. The lowest BCUT2D eigenvalue weighted by atomic mass is 9.80. The lowest BCUT2D eigenvalue weighted by molar-refractivity contribution is 0.426.